The molecule has 3 heterocycles. The van der Waals surface area contributed by atoms with Gasteiger partial charge in [-0.3, -0.25) is 4.79 Å². The Kier molecular flexibility index (Phi) is 5.42. The molecule has 1 aliphatic rings. The summed E-state index contributed by atoms with van der Waals surface area (Å²) in [4.78, 5) is 21.5. The van der Waals surface area contributed by atoms with Gasteiger partial charge >= 0.3 is 0 Å². The molecule has 2 aromatic heterocycles. The van der Waals surface area contributed by atoms with Gasteiger partial charge in [-0.25, -0.2) is 4.98 Å². The van der Waals surface area contributed by atoms with Gasteiger partial charge in [-0.15, -0.1) is 0 Å². The number of aromatic nitrogens is 4. The molecular weight excluding hydrogens is 450 g/mol. The summed E-state index contributed by atoms with van der Waals surface area (Å²) in [6.45, 7) is 0. The molecule has 0 bridgehead atoms. The fraction of sp³-hybridized carbons (Fsp3) is 0.0690. The van der Waals surface area contributed by atoms with E-state index in [9.17, 15) is 4.79 Å². The Bertz CT molecular complexity index is 1550. The molecule has 0 aliphatic carbocycles. The number of carbonyl (C=O) groups is 1. The highest BCUT2D eigenvalue weighted by Crippen LogP contribution is 2.40. The Balaban J connectivity index is 1.56. The van der Waals surface area contributed by atoms with Crippen LogP contribution in [-0.2, 0) is 6.42 Å². The zero-order chi connectivity index (χ0) is 24.5. The van der Waals surface area contributed by atoms with Crippen LogP contribution in [0.2, 0.25) is 0 Å². The van der Waals surface area contributed by atoms with Gasteiger partial charge in [0.25, 0.3) is 5.91 Å². The molecule has 0 fully saturated rings. The molecule has 6 rings (SSSR count). The van der Waals surface area contributed by atoms with E-state index >= 15 is 0 Å². The van der Waals surface area contributed by atoms with Crippen molar-refractivity contribution < 1.29 is 9.53 Å². The number of ether oxygens (including phenoxy) is 1. The van der Waals surface area contributed by atoms with Crippen molar-refractivity contribution in [3.63, 3.8) is 0 Å². The second-order valence-corrected chi connectivity index (χ2v) is 8.44. The molecule has 0 unspecified atom stereocenters. The number of carbonyl (C=O) groups excluding carboxylic acids is 1. The van der Waals surface area contributed by atoms with Gasteiger partial charge in [-0.2, -0.15) is 9.78 Å². The van der Waals surface area contributed by atoms with Crippen LogP contribution < -0.4 is 10.1 Å². The number of methoxy groups -OCH3 is 1. The highest BCUT2D eigenvalue weighted by atomic mass is 16.5. The van der Waals surface area contributed by atoms with Crippen LogP contribution in [-0.4, -0.2) is 32.8 Å². The number of fused-ring (bicyclic) bond motifs is 1. The molecule has 0 saturated heterocycles. The molecular formula is C29H23N5O2. The maximum Gasteiger partial charge on any atom is 0.280 e. The maximum atomic E-state index is 14.1. The fourth-order valence-electron chi connectivity index (χ4n) is 4.62. The number of benzene rings is 3. The SMILES string of the molecule is COc1ccc(C2=C(Nc3ncc[nH]3)Cc3c(-c4ccccc4)c(-c4ccccc4)nn3C2=O)cc1. The molecule has 0 spiro atoms. The lowest BCUT2D eigenvalue weighted by molar-refractivity contribution is 0.0958. The molecule has 5 aromatic rings. The van der Waals surface area contributed by atoms with Crippen LogP contribution in [0.25, 0.3) is 28.0 Å². The number of aromatic amines is 1. The first-order valence-corrected chi connectivity index (χ1v) is 11.6. The van der Waals surface area contributed by atoms with Crippen LogP contribution in [0, 0.1) is 0 Å². The van der Waals surface area contributed by atoms with Crippen molar-refractivity contribution in [2.24, 2.45) is 0 Å². The molecule has 1 aliphatic heterocycles. The summed E-state index contributed by atoms with van der Waals surface area (Å²) in [7, 11) is 1.62. The zero-order valence-corrected chi connectivity index (χ0v) is 19.6. The first kappa shape index (κ1) is 21.6. The van der Waals surface area contributed by atoms with Crippen LogP contribution in [0.4, 0.5) is 5.95 Å². The third-order valence-corrected chi connectivity index (χ3v) is 6.29. The van der Waals surface area contributed by atoms with Crippen LogP contribution in [0.1, 0.15) is 16.1 Å². The third kappa shape index (κ3) is 3.76. The molecule has 7 nitrogen and oxygen atoms in total. The molecule has 3 aromatic carbocycles. The Labute approximate surface area is 208 Å². The normalized spacial score (nSPS) is 13.0. The lowest BCUT2D eigenvalue weighted by Gasteiger charge is -2.22. The van der Waals surface area contributed by atoms with Gasteiger partial charge in [-0.1, -0.05) is 72.8 Å². The van der Waals surface area contributed by atoms with E-state index in [-0.39, 0.29) is 5.91 Å². The van der Waals surface area contributed by atoms with Crippen LogP contribution in [0.15, 0.2) is 103 Å². The second kappa shape index (κ2) is 9.03. The van der Waals surface area contributed by atoms with Crippen molar-refractivity contribution in [1.29, 1.82) is 0 Å². The van der Waals surface area contributed by atoms with E-state index in [2.05, 4.69) is 27.4 Å². The predicted octanol–water partition coefficient (Wildman–Crippen LogP) is 5.67. The number of anilines is 1. The van der Waals surface area contributed by atoms with Crippen molar-refractivity contribution in [2.45, 2.75) is 6.42 Å². The second-order valence-electron chi connectivity index (χ2n) is 8.44. The van der Waals surface area contributed by atoms with Crippen molar-refractivity contribution >= 4 is 17.4 Å². The summed E-state index contributed by atoms with van der Waals surface area (Å²) >= 11 is 0. The minimum Gasteiger partial charge on any atom is -0.497 e. The fourth-order valence-corrected chi connectivity index (χ4v) is 4.62. The van der Waals surface area contributed by atoms with E-state index in [0.717, 1.165) is 45.1 Å². The molecule has 2 N–H and O–H groups in total. The predicted molar refractivity (Wildman–Crippen MR) is 140 cm³/mol. The first-order valence-electron chi connectivity index (χ1n) is 11.6. The van der Waals surface area contributed by atoms with Gasteiger partial charge in [-0.05, 0) is 23.3 Å². The van der Waals surface area contributed by atoms with E-state index in [1.807, 2.05) is 72.8 Å². The van der Waals surface area contributed by atoms with Crippen LogP contribution in [0.5, 0.6) is 5.75 Å². The van der Waals surface area contributed by atoms with Gasteiger partial charge in [0, 0.05) is 35.6 Å². The molecule has 36 heavy (non-hydrogen) atoms. The molecule has 0 saturated carbocycles. The quantitative estimate of drug-likeness (QED) is 0.332. The summed E-state index contributed by atoms with van der Waals surface area (Å²) in [6.07, 6.45) is 3.89. The summed E-state index contributed by atoms with van der Waals surface area (Å²) in [5.41, 5.74) is 6.59. The van der Waals surface area contributed by atoms with Crippen molar-refractivity contribution in [3.05, 3.63) is 114 Å². The minimum absolute atomic E-state index is 0.199. The van der Waals surface area contributed by atoms with Gasteiger partial charge in [0.15, 0.2) is 0 Å². The summed E-state index contributed by atoms with van der Waals surface area (Å²) < 4.78 is 6.87. The van der Waals surface area contributed by atoms with Gasteiger partial charge in [0.1, 0.15) is 11.4 Å². The smallest absolute Gasteiger partial charge is 0.280 e. The Hall–Kier alpha value is -4.91. The lowest BCUT2D eigenvalue weighted by Crippen LogP contribution is -2.26. The van der Waals surface area contributed by atoms with E-state index in [0.29, 0.717) is 17.9 Å². The summed E-state index contributed by atoms with van der Waals surface area (Å²) in [5.74, 6) is 1.09. The van der Waals surface area contributed by atoms with Crippen LogP contribution in [0.3, 0.4) is 0 Å². The Morgan fingerprint density at radius 3 is 2.22 bits per heavy atom. The largest absolute Gasteiger partial charge is 0.497 e. The van der Waals surface area contributed by atoms with Crippen molar-refractivity contribution in [1.82, 2.24) is 19.7 Å². The average Bonchev–Trinajstić information content (AvgIpc) is 3.58. The Morgan fingerprint density at radius 1 is 0.889 bits per heavy atom. The highest BCUT2D eigenvalue weighted by molar-refractivity contribution is 6.23. The number of hydrogen-bond donors (Lipinski definition) is 2. The lowest BCUT2D eigenvalue weighted by atomic mass is 9.92. The van der Waals surface area contributed by atoms with E-state index < -0.39 is 0 Å². The average molecular weight is 474 g/mol. The zero-order valence-electron chi connectivity index (χ0n) is 19.6. The maximum absolute atomic E-state index is 14.1. The molecule has 0 amide bonds. The van der Waals surface area contributed by atoms with E-state index in [1.165, 1.54) is 0 Å². The topological polar surface area (TPSA) is 84.8 Å². The number of hydrogen-bond acceptors (Lipinski definition) is 5. The first-order chi connectivity index (χ1) is 17.7. The summed E-state index contributed by atoms with van der Waals surface area (Å²) in [6, 6.07) is 27.5. The van der Waals surface area contributed by atoms with Gasteiger partial charge in [0.05, 0.1) is 18.4 Å². The standard InChI is InChI=1S/C29H23N5O2/c1-36-22-14-12-20(13-15-22)25-23(32-29-30-16-17-31-29)18-24-26(19-8-4-2-5-9-19)27(33-34(24)28(25)35)21-10-6-3-7-11-21/h2-17H,18H2,1H3,(H2,30,31,32). The number of nitrogens with one attached hydrogen (secondary N) is 2. The Morgan fingerprint density at radius 2 is 1.58 bits per heavy atom. The molecule has 0 atom stereocenters. The minimum atomic E-state index is -0.199. The summed E-state index contributed by atoms with van der Waals surface area (Å²) in [5, 5.41) is 8.23. The number of H-pyrrole nitrogens is 1. The number of allylic oxidation sites excluding steroid dienone is 2. The monoisotopic (exact) mass is 473 g/mol. The van der Waals surface area contributed by atoms with Crippen LogP contribution >= 0.6 is 0 Å². The van der Waals surface area contributed by atoms with Crippen molar-refractivity contribution in [3.8, 4) is 28.1 Å². The number of nitrogens with zero attached hydrogens (tertiary/aromatic N) is 3. The molecule has 0 radical (unpaired) electrons. The van der Waals surface area contributed by atoms with E-state index in [4.69, 9.17) is 9.84 Å². The number of imidazole rings is 1. The number of rotatable bonds is 6. The third-order valence-electron chi connectivity index (χ3n) is 6.29. The van der Waals surface area contributed by atoms with Gasteiger partial charge in [0.2, 0.25) is 5.95 Å². The molecule has 176 valence electrons. The van der Waals surface area contributed by atoms with E-state index in [1.54, 1.807) is 24.2 Å². The van der Waals surface area contributed by atoms with Gasteiger partial charge < -0.3 is 15.0 Å². The highest BCUT2D eigenvalue weighted by Gasteiger charge is 2.33. The molecule has 7 heteroatoms. The van der Waals surface area contributed by atoms with Crippen molar-refractivity contribution in [2.75, 3.05) is 12.4 Å².